The largest absolute Gasteiger partial charge is 0.324 e. The van der Waals surface area contributed by atoms with Gasteiger partial charge in [-0.25, -0.2) is 0 Å². The molecule has 0 radical (unpaired) electrons. The maximum absolute atomic E-state index is 5.95. The zero-order chi connectivity index (χ0) is 9.84. The Morgan fingerprint density at radius 3 is 2.92 bits per heavy atom. The summed E-state index contributed by atoms with van der Waals surface area (Å²) in [6.45, 7) is 5.70. The zero-order valence-corrected chi connectivity index (χ0v) is 8.51. The molecule has 0 spiro atoms. The molecule has 1 unspecified atom stereocenters. The smallest absolute Gasteiger partial charge is 0.0409 e. The minimum Gasteiger partial charge on any atom is -0.324 e. The van der Waals surface area contributed by atoms with Gasteiger partial charge in [0.1, 0.15) is 0 Å². The van der Waals surface area contributed by atoms with Crippen LogP contribution in [0.1, 0.15) is 23.6 Å². The van der Waals surface area contributed by atoms with Crippen LogP contribution in [0.15, 0.2) is 30.9 Å². The second-order valence-electron chi connectivity index (χ2n) is 3.13. The molecule has 0 aromatic heterocycles. The standard InChI is InChI=1S/C11H14ClN/c1-3-4-11(13)10-7-9(12)6-5-8(10)2/h3,5-7,11H,1,4,13H2,2H3. The van der Waals surface area contributed by atoms with Gasteiger partial charge in [-0.15, -0.1) is 6.58 Å². The molecule has 0 aliphatic heterocycles. The average molecular weight is 196 g/mol. The first kappa shape index (κ1) is 10.3. The molecular formula is C11H14ClN. The molecule has 0 heterocycles. The van der Waals surface area contributed by atoms with E-state index < -0.39 is 0 Å². The summed E-state index contributed by atoms with van der Waals surface area (Å²) in [5.41, 5.74) is 8.23. The van der Waals surface area contributed by atoms with Gasteiger partial charge in [-0.05, 0) is 36.6 Å². The van der Waals surface area contributed by atoms with Crippen molar-refractivity contribution in [3.63, 3.8) is 0 Å². The van der Waals surface area contributed by atoms with Crippen LogP contribution in [-0.2, 0) is 0 Å². The Morgan fingerprint density at radius 2 is 2.31 bits per heavy atom. The lowest BCUT2D eigenvalue weighted by molar-refractivity contribution is 0.736. The van der Waals surface area contributed by atoms with Crippen molar-refractivity contribution >= 4 is 11.6 Å². The first-order valence-electron chi connectivity index (χ1n) is 4.27. The van der Waals surface area contributed by atoms with Crippen molar-refractivity contribution in [1.82, 2.24) is 0 Å². The van der Waals surface area contributed by atoms with E-state index >= 15 is 0 Å². The van der Waals surface area contributed by atoms with E-state index in [1.807, 2.05) is 31.2 Å². The summed E-state index contributed by atoms with van der Waals surface area (Å²) in [4.78, 5) is 0. The molecule has 1 atom stereocenters. The number of halogens is 1. The second kappa shape index (κ2) is 4.45. The monoisotopic (exact) mass is 195 g/mol. The summed E-state index contributed by atoms with van der Waals surface area (Å²) in [5, 5.41) is 0.736. The summed E-state index contributed by atoms with van der Waals surface area (Å²) in [5.74, 6) is 0. The van der Waals surface area contributed by atoms with E-state index in [0.29, 0.717) is 0 Å². The van der Waals surface area contributed by atoms with Crippen LogP contribution in [0.4, 0.5) is 0 Å². The van der Waals surface area contributed by atoms with Crippen molar-refractivity contribution in [2.75, 3.05) is 0 Å². The van der Waals surface area contributed by atoms with Gasteiger partial charge in [0, 0.05) is 11.1 Å². The Morgan fingerprint density at radius 1 is 1.62 bits per heavy atom. The van der Waals surface area contributed by atoms with Crippen molar-refractivity contribution in [2.45, 2.75) is 19.4 Å². The maximum atomic E-state index is 5.95. The highest BCUT2D eigenvalue weighted by molar-refractivity contribution is 6.30. The second-order valence-corrected chi connectivity index (χ2v) is 3.57. The lowest BCUT2D eigenvalue weighted by Crippen LogP contribution is -2.10. The highest BCUT2D eigenvalue weighted by Crippen LogP contribution is 2.22. The highest BCUT2D eigenvalue weighted by atomic mass is 35.5. The van der Waals surface area contributed by atoms with Crippen molar-refractivity contribution in [3.05, 3.63) is 47.0 Å². The predicted molar refractivity (Wildman–Crippen MR) is 57.9 cm³/mol. The van der Waals surface area contributed by atoms with E-state index in [-0.39, 0.29) is 6.04 Å². The molecule has 13 heavy (non-hydrogen) atoms. The van der Waals surface area contributed by atoms with E-state index in [2.05, 4.69) is 6.58 Å². The Bertz CT molecular complexity index is 307. The van der Waals surface area contributed by atoms with E-state index in [1.54, 1.807) is 0 Å². The van der Waals surface area contributed by atoms with Crippen LogP contribution >= 0.6 is 11.6 Å². The van der Waals surface area contributed by atoms with Crippen molar-refractivity contribution in [2.24, 2.45) is 5.73 Å². The molecule has 1 aromatic rings. The van der Waals surface area contributed by atoms with Gasteiger partial charge in [0.2, 0.25) is 0 Å². The number of benzene rings is 1. The Kier molecular flexibility index (Phi) is 3.52. The molecule has 70 valence electrons. The number of aryl methyl sites for hydroxylation is 1. The number of hydrogen-bond acceptors (Lipinski definition) is 1. The van der Waals surface area contributed by atoms with Gasteiger partial charge in [0.15, 0.2) is 0 Å². The van der Waals surface area contributed by atoms with Crippen LogP contribution < -0.4 is 5.73 Å². The molecule has 0 fully saturated rings. The third-order valence-electron chi connectivity index (χ3n) is 2.06. The van der Waals surface area contributed by atoms with Crippen LogP contribution in [0, 0.1) is 6.92 Å². The molecule has 0 aliphatic carbocycles. The van der Waals surface area contributed by atoms with Gasteiger partial charge in [-0.1, -0.05) is 23.7 Å². The average Bonchev–Trinajstić information content (AvgIpc) is 2.09. The lowest BCUT2D eigenvalue weighted by atomic mass is 10.00. The number of rotatable bonds is 3. The van der Waals surface area contributed by atoms with Crippen molar-refractivity contribution < 1.29 is 0 Å². The molecule has 0 saturated carbocycles. The highest BCUT2D eigenvalue weighted by Gasteiger charge is 2.07. The fourth-order valence-corrected chi connectivity index (χ4v) is 1.50. The SMILES string of the molecule is C=CCC(N)c1cc(Cl)ccc1C. The van der Waals surface area contributed by atoms with Gasteiger partial charge in [0.25, 0.3) is 0 Å². The van der Waals surface area contributed by atoms with Gasteiger partial charge in [0.05, 0.1) is 0 Å². The quantitative estimate of drug-likeness (QED) is 0.737. The third kappa shape index (κ3) is 2.58. The predicted octanol–water partition coefficient (Wildman–Crippen LogP) is 3.22. The molecule has 1 nitrogen and oxygen atoms in total. The summed E-state index contributed by atoms with van der Waals surface area (Å²) < 4.78 is 0. The molecule has 0 saturated heterocycles. The van der Waals surface area contributed by atoms with Crippen molar-refractivity contribution in [1.29, 1.82) is 0 Å². The van der Waals surface area contributed by atoms with E-state index in [9.17, 15) is 0 Å². The Hall–Kier alpha value is -0.790. The van der Waals surface area contributed by atoms with Gasteiger partial charge >= 0.3 is 0 Å². The topological polar surface area (TPSA) is 26.0 Å². The molecule has 0 bridgehead atoms. The van der Waals surface area contributed by atoms with Crippen LogP contribution in [0.25, 0.3) is 0 Å². The van der Waals surface area contributed by atoms with Crippen LogP contribution in [0.2, 0.25) is 5.02 Å². The van der Waals surface area contributed by atoms with E-state index in [0.717, 1.165) is 17.0 Å². The van der Waals surface area contributed by atoms with Crippen LogP contribution in [0.3, 0.4) is 0 Å². The van der Waals surface area contributed by atoms with Crippen LogP contribution in [0.5, 0.6) is 0 Å². The number of nitrogens with two attached hydrogens (primary N) is 1. The zero-order valence-electron chi connectivity index (χ0n) is 7.76. The van der Waals surface area contributed by atoms with Gasteiger partial charge in [-0.2, -0.15) is 0 Å². The van der Waals surface area contributed by atoms with E-state index in [4.69, 9.17) is 17.3 Å². The summed E-state index contributed by atoms with van der Waals surface area (Å²) in [7, 11) is 0. The molecule has 0 aliphatic rings. The summed E-state index contributed by atoms with van der Waals surface area (Å²) in [6.07, 6.45) is 2.60. The van der Waals surface area contributed by atoms with Crippen LogP contribution in [-0.4, -0.2) is 0 Å². The normalized spacial score (nSPS) is 12.5. The molecule has 2 N–H and O–H groups in total. The molecular weight excluding hydrogens is 182 g/mol. The minimum absolute atomic E-state index is 0.0104. The summed E-state index contributed by atoms with van der Waals surface area (Å²) in [6, 6.07) is 5.79. The minimum atomic E-state index is 0.0104. The Labute approximate surface area is 84.2 Å². The van der Waals surface area contributed by atoms with Crippen molar-refractivity contribution in [3.8, 4) is 0 Å². The molecule has 2 heteroatoms. The lowest BCUT2D eigenvalue weighted by Gasteiger charge is -2.12. The first-order chi connectivity index (χ1) is 6.15. The summed E-state index contributed by atoms with van der Waals surface area (Å²) >= 11 is 5.88. The van der Waals surface area contributed by atoms with Gasteiger partial charge < -0.3 is 5.73 Å². The fraction of sp³-hybridized carbons (Fsp3) is 0.273. The maximum Gasteiger partial charge on any atom is 0.0409 e. The third-order valence-corrected chi connectivity index (χ3v) is 2.30. The first-order valence-corrected chi connectivity index (χ1v) is 4.65. The molecule has 1 rings (SSSR count). The fourth-order valence-electron chi connectivity index (χ4n) is 1.32. The van der Waals surface area contributed by atoms with Gasteiger partial charge in [-0.3, -0.25) is 0 Å². The molecule has 1 aromatic carbocycles. The Balaban J connectivity index is 2.97. The molecule has 0 amide bonds. The van der Waals surface area contributed by atoms with E-state index in [1.165, 1.54) is 5.56 Å². The number of hydrogen-bond donors (Lipinski definition) is 1.